The van der Waals surface area contributed by atoms with Gasteiger partial charge in [0.25, 0.3) is 11.8 Å². The minimum absolute atomic E-state index is 0.0528. The SMILES string of the molecule is CCN1C(=O)COc2ccc(-c3csc(NC(=O)COc4cc(C)ccc4C)n3)cc21. The molecule has 0 bridgehead atoms. The van der Waals surface area contributed by atoms with Crippen molar-refractivity contribution >= 4 is 34.0 Å². The number of carbonyl (C=O) groups excluding carboxylic acids is 2. The Balaban J connectivity index is 1.44. The quantitative estimate of drug-likeness (QED) is 0.625. The Hall–Kier alpha value is -3.39. The number of hydrogen-bond acceptors (Lipinski definition) is 6. The monoisotopic (exact) mass is 437 g/mol. The van der Waals surface area contributed by atoms with Gasteiger partial charge in [-0.1, -0.05) is 12.1 Å². The number of rotatable bonds is 6. The summed E-state index contributed by atoms with van der Waals surface area (Å²) in [4.78, 5) is 30.6. The first kappa shape index (κ1) is 20.9. The van der Waals surface area contributed by atoms with Gasteiger partial charge in [0, 0.05) is 17.5 Å². The van der Waals surface area contributed by atoms with E-state index in [2.05, 4.69) is 10.3 Å². The van der Waals surface area contributed by atoms with E-state index in [-0.39, 0.29) is 25.0 Å². The molecule has 0 spiro atoms. The van der Waals surface area contributed by atoms with E-state index in [4.69, 9.17) is 9.47 Å². The van der Waals surface area contributed by atoms with Gasteiger partial charge in [0.1, 0.15) is 11.5 Å². The van der Waals surface area contributed by atoms with E-state index in [9.17, 15) is 9.59 Å². The maximum absolute atomic E-state index is 12.3. The van der Waals surface area contributed by atoms with Crippen molar-refractivity contribution in [3.63, 3.8) is 0 Å². The van der Waals surface area contributed by atoms with Gasteiger partial charge < -0.3 is 14.4 Å². The zero-order valence-electron chi connectivity index (χ0n) is 17.6. The Morgan fingerprint density at radius 1 is 1.26 bits per heavy atom. The van der Waals surface area contributed by atoms with Gasteiger partial charge >= 0.3 is 0 Å². The topological polar surface area (TPSA) is 80.8 Å². The van der Waals surface area contributed by atoms with Crippen LogP contribution >= 0.6 is 11.3 Å². The first-order valence-corrected chi connectivity index (χ1v) is 10.9. The van der Waals surface area contributed by atoms with Gasteiger partial charge in [-0.15, -0.1) is 11.3 Å². The minimum Gasteiger partial charge on any atom is -0.483 e. The summed E-state index contributed by atoms with van der Waals surface area (Å²) >= 11 is 1.33. The first-order chi connectivity index (χ1) is 14.9. The van der Waals surface area contributed by atoms with Crippen molar-refractivity contribution in [2.45, 2.75) is 20.8 Å². The standard InChI is InChI=1S/C23H23N3O4S/c1-4-26-18-10-16(7-8-19(18)30-12-22(26)28)17-13-31-23(24-17)25-21(27)11-29-20-9-14(2)5-6-15(20)3/h5-10,13H,4,11-12H2,1-3H3,(H,24,25,27). The van der Waals surface area contributed by atoms with Crippen LogP contribution in [0, 0.1) is 13.8 Å². The third-order valence-corrected chi connectivity index (χ3v) is 5.72. The largest absolute Gasteiger partial charge is 0.483 e. The molecule has 1 N–H and O–H groups in total. The molecule has 0 saturated carbocycles. The zero-order valence-corrected chi connectivity index (χ0v) is 18.4. The molecule has 1 aromatic heterocycles. The van der Waals surface area contributed by atoms with Crippen LogP contribution in [0.2, 0.25) is 0 Å². The molecule has 2 heterocycles. The van der Waals surface area contributed by atoms with Gasteiger partial charge in [0.2, 0.25) is 0 Å². The molecule has 160 valence electrons. The molecule has 1 aliphatic rings. The van der Waals surface area contributed by atoms with Crippen LogP contribution in [0.3, 0.4) is 0 Å². The number of nitrogens with zero attached hydrogens (tertiary/aromatic N) is 2. The van der Waals surface area contributed by atoms with Crippen LogP contribution in [0.5, 0.6) is 11.5 Å². The highest BCUT2D eigenvalue weighted by molar-refractivity contribution is 7.14. The number of hydrogen-bond donors (Lipinski definition) is 1. The number of ether oxygens (including phenoxy) is 2. The molecule has 7 nitrogen and oxygen atoms in total. The predicted octanol–water partition coefficient (Wildman–Crippen LogP) is 4.19. The number of likely N-dealkylation sites (N-methyl/N-ethyl adjacent to an activating group) is 1. The molecule has 0 aliphatic carbocycles. The average Bonchev–Trinajstić information content (AvgIpc) is 3.22. The number of aromatic nitrogens is 1. The van der Waals surface area contributed by atoms with E-state index in [1.165, 1.54) is 11.3 Å². The number of carbonyl (C=O) groups is 2. The van der Waals surface area contributed by atoms with Crippen LogP contribution in [-0.4, -0.2) is 36.6 Å². The normalized spacial score (nSPS) is 12.9. The second-order valence-electron chi connectivity index (χ2n) is 7.25. The average molecular weight is 438 g/mol. The maximum Gasteiger partial charge on any atom is 0.265 e. The molecule has 8 heteroatoms. The molecule has 3 aromatic rings. The Bertz CT molecular complexity index is 1140. The molecule has 0 saturated heterocycles. The number of amides is 2. The molecule has 0 fully saturated rings. The highest BCUT2D eigenvalue weighted by Gasteiger charge is 2.24. The lowest BCUT2D eigenvalue weighted by Gasteiger charge is -2.28. The van der Waals surface area contributed by atoms with E-state index in [0.717, 1.165) is 22.4 Å². The summed E-state index contributed by atoms with van der Waals surface area (Å²) in [5.74, 6) is 1.03. The second kappa shape index (κ2) is 8.77. The van der Waals surface area contributed by atoms with Gasteiger partial charge in [-0.3, -0.25) is 14.9 Å². The van der Waals surface area contributed by atoms with Crippen molar-refractivity contribution in [1.82, 2.24) is 4.98 Å². The molecule has 1 aliphatic heterocycles. The van der Waals surface area contributed by atoms with E-state index in [1.807, 2.05) is 62.5 Å². The van der Waals surface area contributed by atoms with Gasteiger partial charge in [-0.2, -0.15) is 0 Å². The summed E-state index contributed by atoms with van der Waals surface area (Å²) in [6.45, 7) is 6.37. The number of benzene rings is 2. The summed E-state index contributed by atoms with van der Waals surface area (Å²) in [6, 6.07) is 11.5. The first-order valence-electron chi connectivity index (χ1n) is 9.97. The molecule has 4 rings (SSSR count). The molecule has 2 amide bonds. The Morgan fingerprint density at radius 3 is 2.90 bits per heavy atom. The second-order valence-corrected chi connectivity index (χ2v) is 8.11. The fourth-order valence-corrected chi connectivity index (χ4v) is 4.07. The van der Waals surface area contributed by atoms with Crippen LogP contribution in [0.15, 0.2) is 41.8 Å². The zero-order chi connectivity index (χ0) is 22.0. The molecular formula is C23H23N3O4S. The van der Waals surface area contributed by atoms with Crippen molar-refractivity contribution in [3.05, 3.63) is 52.9 Å². The Morgan fingerprint density at radius 2 is 2.10 bits per heavy atom. The predicted molar refractivity (Wildman–Crippen MR) is 121 cm³/mol. The van der Waals surface area contributed by atoms with Crippen LogP contribution < -0.4 is 19.7 Å². The molecule has 0 radical (unpaired) electrons. The summed E-state index contributed by atoms with van der Waals surface area (Å²) in [6.07, 6.45) is 0. The van der Waals surface area contributed by atoms with E-state index in [1.54, 1.807) is 4.90 Å². The molecule has 0 unspecified atom stereocenters. The maximum atomic E-state index is 12.3. The number of fused-ring (bicyclic) bond motifs is 1. The molecule has 2 aromatic carbocycles. The number of anilines is 2. The van der Waals surface area contributed by atoms with Gasteiger partial charge in [-0.25, -0.2) is 4.98 Å². The van der Waals surface area contributed by atoms with E-state index < -0.39 is 0 Å². The molecular weight excluding hydrogens is 414 g/mol. The van der Waals surface area contributed by atoms with Crippen LogP contribution in [-0.2, 0) is 9.59 Å². The third-order valence-electron chi connectivity index (χ3n) is 4.97. The van der Waals surface area contributed by atoms with Gasteiger partial charge in [0.15, 0.2) is 18.3 Å². The number of aryl methyl sites for hydroxylation is 2. The van der Waals surface area contributed by atoms with Crippen molar-refractivity contribution in [1.29, 1.82) is 0 Å². The van der Waals surface area contributed by atoms with Crippen molar-refractivity contribution in [3.8, 4) is 22.8 Å². The van der Waals surface area contributed by atoms with Gasteiger partial charge in [-0.05, 0) is 56.2 Å². The lowest BCUT2D eigenvalue weighted by atomic mass is 10.1. The smallest absolute Gasteiger partial charge is 0.265 e. The van der Waals surface area contributed by atoms with Crippen molar-refractivity contribution < 1.29 is 19.1 Å². The highest BCUT2D eigenvalue weighted by atomic mass is 32.1. The van der Waals surface area contributed by atoms with Crippen LogP contribution in [0.1, 0.15) is 18.1 Å². The fraction of sp³-hybridized carbons (Fsp3) is 0.261. The lowest BCUT2D eigenvalue weighted by molar-refractivity contribution is -0.121. The number of nitrogens with one attached hydrogen (secondary N) is 1. The molecule has 0 atom stereocenters. The van der Waals surface area contributed by atoms with Crippen molar-refractivity contribution in [2.24, 2.45) is 0 Å². The highest BCUT2D eigenvalue weighted by Crippen LogP contribution is 2.36. The number of thiazole rings is 1. The van der Waals surface area contributed by atoms with Crippen LogP contribution in [0.25, 0.3) is 11.3 Å². The summed E-state index contributed by atoms with van der Waals surface area (Å²) in [5.41, 5.74) is 4.35. The third kappa shape index (κ3) is 4.54. The van der Waals surface area contributed by atoms with Crippen LogP contribution in [0.4, 0.5) is 10.8 Å². The Kier molecular flexibility index (Phi) is 5.90. The Labute approximate surface area is 184 Å². The van der Waals surface area contributed by atoms with Crippen molar-refractivity contribution in [2.75, 3.05) is 30.0 Å². The molecule has 31 heavy (non-hydrogen) atoms. The fourth-order valence-electron chi connectivity index (χ4n) is 3.33. The van der Waals surface area contributed by atoms with E-state index in [0.29, 0.717) is 28.9 Å². The summed E-state index contributed by atoms with van der Waals surface area (Å²) in [5, 5.41) is 5.13. The lowest BCUT2D eigenvalue weighted by Crippen LogP contribution is -2.38. The summed E-state index contributed by atoms with van der Waals surface area (Å²) < 4.78 is 11.2. The van der Waals surface area contributed by atoms with Gasteiger partial charge in [0.05, 0.1) is 11.4 Å². The minimum atomic E-state index is -0.275. The summed E-state index contributed by atoms with van der Waals surface area (Å²) in [7, 11) is 0. The van der Waals surface area contributed by atoms with E-state index >= 15 is 0 Å².